The van der Waals surface area contributed by atoms with Gasteiger partial charge in [0.15, 0.2) is 0 Å². The molecule has 0 aliphatic heterocycles. The third-order valence-electron chi connectivity index (χ3n) is 0.694. The van der Waals surface area contributed by atoms with Gasteiger partial charge in [-0.3, -0.25) is 9.59 Å². The highest BCUT2D eigenvalue weighted by atomic mass is 16.5. The van der Waals surface area contributed by atoms with Crippen LogP contribution in [0.3, 0.4) is 0 Å². The Kier molecular flexibility index (Phi) is 4.36. The van der Waals surface area contributed by atoms with Crippen LogP contribution < -0.4 is 0 Å². The molecule has 0 saturated carbocycles. The summed E-state index contributed by atoms with van der Waals surface area (Å²) in [7, 11) is 0.134. The van der Waals surface area contributed by atoms with Crippen LogP contribution >= 0.6 is 0 Å². The number of hydrogen-bond acceptors (Lipinski definition) is 4. The van der Waals surface area contributed by atoms with Gasteiger partial charge in [-0.25, -0.2) is 0 Å². The van der Waals surface area contributed by atoms with Crippen molar-refractivity contribution >= 4 is 19.4 Å². The van der Waals surface area contributed by atoms with Gasteiger partial charge in [0, 0.05) is 13.8 Å². The van der Waals surface area contributed by atoms with E-state index in [1.54, 1.807) is 0 Å². The summed E-state index contributed by atoms with van der Waals surface area (Å²) in [6.07, 6.45) is 0. The minimum atomic E-state index is -0.368. The van der Waals surface area contributed by atoms with Gasteiger partial charge in [0.25, 0.3) is 5.97 Å². The molecular weight excluding hydrogens is 135 g/mol. The lowest BCUT2D eigenvalue weighted by molar-refractivity contribution is -0.140. The van der Waals surface area contributed by atoms with Crippen molar-refractivity contribution in [1.29, 1.82) is 0 Å². The van der Waals surface area contributed by atoms with Gasteiger partial charge in [-0.15, -0.1) is 0 Å². The molecule has 4 nitrogen and oxygen atoms in total. The van der Waals surface area contributed by atoms with E-state index in [-0.39, 0.29) is 25.9 Å². The van der Waals surface area contributed by atoms with Crippen LogP contribution in [0.2, 0.25) is 0 Å². The molecule has 0 amide bonds. The Hall–Kier alpha value is -0.995. The van der Waals surface area contributed by atoms with Gasteiger partial charge in [-0.1, -0.05) is 0 Å². The largest absolute Gasteiger partial charge is 0.536 e. The zero-order chi connectivity index (χ0) is 7.98. The Balaban J connectivity index is 3.06. The van der Waals surface area contributed by atoms with Crippen molar-refractivity contribution < 1.29 is 19.0 Å². The van der Waals surface area contributed by atoms with Crippen molar-refractivity contribution in [1.82, 2.24) is 0 Å². The lowest BCUT2D eigenvalue weighted by Gasteiger charge is -1.99. The fraction of sp³-hybridized carbons (Fsp3) is 0.600. The molecule has 0 unspecified atom stereocenters. The van der Waals surface area contributed by atoms with Crippen molar-refractivity contribution in [3.8, 4) is 0 Å². The predicted molar refractivity (Wildman–Crippen MR) is 35.5 cm³/mol. The van der Waals surface area contributed by atoms with Crippen LogP contribution in [0.5, 0.6) is 0 Å². The van der Waals surface area contributed by atoms with Gasteiger partial charge < -0.3 is 9.39 Å². The lowest BCUT2D eigenvalue weighted by atomic mass is 10.1. The molecule has 0 heterocycles. The summed E-state index contributed by atoms with van der Waals surface area (Å²) in [6.45, 7) is 2.73. The fourth-order valence-corrected chi connectivity index (χ4v) is 0.371. The van der Waals surface area contributed by atoms with Crippen LogP contribution in [0.4, 0.5) is 0 Å². The molecule has 10 heavy (non-hydrogen) atoms. The molecule has 0 aromatic heterocycles. The van der Waals surface area contributed by atoms with Crippen LogP contribution in [-0.4, -0.2) is 25.9 Å². The molecule has 0 fully saturated rings. The summed E-state index contributed by atoms with van der Waals surface area (Å²) >= 11 is 0. The normalized spacial score (nSPS) is 8.20. The molecule has 0 radical (unpaired) electrons. The lowest BCUT2D eigenvalue weighted by Crippen LogP contribution is -2.13. The summed E-state index contributed by atoms with van der Waals surface area (Å²) < 4.78 is 8.95. The van der Waals surface area contributed by atoms with E-state index in [0.717, 1.165) is 0 Å². The standard InChI is InChI=1S/C5H9BO4/c1-4(7)9-3-6-10-5(2)8/h6H,3H2,1-2H3. The summed E-state index contributed by atoms with van der Waals surface area (Å²) in [5, 5.41) is 0. The maximum atomic E-state index is 10.1. The topological polar surface area (TPSA) is 52.6 Å². The van der Waals surface area contributed by atoms with Gasteiger partial charge in [-0.2, -0.15) is 0 Å². The third kappa shape index (κ3) is 7.00. The van der Waals surface area contributed by atoms with E-state index in [2.05, 4.69) is 9.39 Å². The molecule has 0 aromatic carbocycles. The first-order valence-electron chi connectivity index (χ1n) is 2.89. The third-order valence-corrected chi connectivity index (χ3v) is 0.694. The highest BCUT2D eigenvalue weighted by Crippen LogP contribution is 1.76. The van der Waals surface area contributed by atoms with Crippen LogP contribution in [0.15, 0.2) is 0 Å². The second-order valence-electron chi connectivity index (χ2n) is 1.68. The Morgan fingerprint density at radius 3 is 2.30 bits per heavy atom. The zero-order valence-electron chi connectivity index (χ0n) is 6.05. The number of carbonyl (C=O) groups excluding carboxylic acids is 2. The van der Waals surface area contributed by atoms with Crippen molar-refractivity contribution in [2.24, 2.45) is 0 Å². The Labute approximate surface area is 59.8 Å². The summed E-state index contributed by atoms with van der Waals surface area (Å²) in [4.78, 5) is 20.3. The van der Waals surface area contributed by atoms with E-state index in [1.165, 1.54) is 13.8 Å². The Morgan fingerprint density at radius 2 is 1.90 bits per heavy atom. The summed E-state index contributed by atoms with van der Waals surface area (Å²) in [6, 6.07) is 0. The first-order chi connectivity index (χ1) is 4.63. The SMILES string of the molecule is CC(=O)OBCOC(C)=O. The van der Waals surface area contributed by atoms with Gasteiger partial charge in [0.05, 0.1) is 0 Å². The monoisotopic (exact) mass is 144 g/mol. The van der Waals surface area contributed by atoms with E-state index in [1.807, 2.05) is 0 Å². The molecule has 0 spiro atoms. The number of rotatable bonds is 3. The maximum Gasteiger partial charge on any atom is 0.382 e. The minimum Gasteiger partial charge on any atom is -0.536 e. The summed E-state index contributed by atoms with van der Waals surface area (Å²) in [5.74, 6) is -0.737. The molecular formula is C5H9BO4. The predicted octanol–water partition coefficient (Wildman–Crippen LogP) is -0.578. The van der Waals surface area contributed by atoms with E-state index >= 15 is 0 Å². The van der Waals surface area contributed by atoms with Crippen molar-refractivity contribution in [2.45, 2.75) is 13.8 Å². The maximum absolute atomic E-state index is 10.1. The van der Waals surface area contributed by atoms with E-state index in [9.17, 15) is 9.59 Å². The molecule has 0 atom stereocenters. The molecule has 0 aliphatic carbocycles. The fourth-order valence-electron chi connectivity index (χ4n) is 0.371. The number of ether oxygens (including phenoxy) is 1. The number of hydrogen-bond donors (Lipinski definition) is 0. The molecule has 0 bridgehead atoms. The minimum absolute atomic E-state index is 0.134. The van der Waals surface area contributed by atoms with Crippen molar-refractivity contribution in [2.75, 3.05) is 6.51 Å². The quantitative estimate of drug-likeness (QED) is 0.302. The molecule has 56 valence electrons. The van der Waals surface area contributed by atoms with E-state index in [0.29, 0.717) is 0 Å². The Morgan fingerprint density at radius 1 is 1.30 bits per heavy atom. The molecule has 0 saturated heterocycles. The zero-order valence-corrected chi connectivity index (χ0v) is 6.05. The molecule has 5 heteroatoms. The first kappa shape index (κ1) is 9.00. The summed E-state index contributed by atoms with van der Waals surface area (Å²) in [5.41, 5.74) is 0. The average molecular weight is 144 g/mol. The highest BCUT2D eigenvalue weighted by molar-refractivity contribution is 6.30. The van der Waals surface area contributed by atoms with Crippen LogP contribution in [0.25, 0.3) is 0 Å². The Bertz CT molecular complexity index is 118. The van der Waals surface area contributed by atoms with Gasteiger partial charge in [0.2, 0.25) is 0 Å². The van der Waals surface area contributed by atoms with Gasteiger partial charge >= 0.3 is 13.5 Å². The second-order valence-corrected chi connectivity index (χ2v) is 1.68. The second kappa shape index (κ2) is 4.84. The van der Waals surface area contributed by atoms with Gasteiger partial charge in [0.1, 0.15) is 6.51 Å². The molecule has 0 aliphatic rings. The van der Waals surface area contributed by atoms with Crippen molar-refractivity contribution in [3.05, 3.63) is 0 Å². The smallest absolute Gasteiger partial charge is 0.382 e. The highest BCUT2D eigenvalue weighted by Gasteiger charge is 1.97. The van der Waals surface area contributed by atoms with Crippen LogP contribution in [-0.2, 0) is 19.0 Å². The van der Waals surface area contributed by atoms with Crippen LogP contribution in [0.1, 0.15) is 13.8 Å². The van der Waals surface area contributed by atoms with E-state index in [4.69, 9.17) is 0 Å². The first-order valence-corrected chi connectivity index (χ1v) is 2.89. The molecule has 0 rings (SSSR count). The van der Waals surface area contributed by atoms with E-state index < -0.39 is 0 Å². The molecule has 0 aromatic rings. The average Bonchev–Trinajstić information content (AvgIpc) is 1.79. The van der Waals surface area contributed by atoms with Crippen molar-refractivity contribution in [3.63, 3.8) is 0 Å². The van der Waals surface area contributed by atoms with Gasteiger partial charge in [-0.05, 0) is 0 Å². The number of carbonyl (C=O) groups is 2. The molecule has 0 N–H and O–H groups in total. The van der Waals surface area contributed by atoms with Crippen LogP contribution in [0, 0.1) is 0 Å². The number of esters is 1.